The van der Waals surface area contributed by atoms with Gasteiger partial charge < -0.3 is 14.8 Å². The summed E-state index contributed by atoms with van der Waals surface area (Å²) in [6.07, 6.45) is 8.27. The zero-order valence-electron chi connectivity index (χ0n) is 16.3. The van der Waals surface area contributed by atoms with Gasteiger partial charge in [0.05, 0.1) is 12.4 Å². The zero-order valence-corrected chi connectivity index (χ0v) is 16.3. The lowest BCUT2D eigenvalue weighted by Gasteiger charge is -2.40. The van der Waals surface area contributed by atoms with Gasteiger partial charge in [0.1, 0.15) is 0 Å². The first-order chi connectivity index (χ1) is 11.3. The van der Waals surface area contributed by atoms with Gasteiger partial charge in [0.2, 0.25) is 0 Å². The molecule has 0 saturated carbocycles. The fraction of sp³-hybridized carbons (Fsp3) is 0.789. The van der Waals surface area contributed by atoms with Crippen molar-refractivity contribution in [3.63, 3.8) is 0 Å². The summed E-state index contributed by atoms with van der Waals surface area (Å²) < 4.78 is 2.24. The third-order valence-corrected chi connectivity index (χ3v) is 5.02. The maximum absolute atomic E-state index is 4.54. The Labute approximate surface area is 147 Å². The van der Waals surface area contributed by atoms with Gasteiger partial charge >= 0.3 is 0 Å². The van der Waals surface area contributed by atoms with Crippen LogP contribution >= 0.6 is 0 Å². The van der Waals surface area contributed by atoms with Crippen LogP contribution in [0.3, 0.4) is 0 Å². The molecule has 1 fully saturated rings. The van der Waals surface area contributed by atoms with E-state index in [0.717, 1.165) is 25.6 Å². The van der Waals surface area contributed by atoms with Crippen molar-refractivity contribution in [2.75, 3.05) is 26.7 Å². The highest BCUT2D eigenvalue weighted by Crippen LogP contribution is 2.28. The van der Waals surface area contributed by atoms with Crippen LogP contribution in [-0.2, 0) is 0 Å². The number of guanidine groups is 1. The molecule has 1 saturated heterocycles. The van der Waals surface area contributed by atoms with E-state index in [2.05, 4.69) is 65.6 Å². The fourth-order valence-corrected chi connectivity index (χ4v) is 3.92. The van der Waals surface area contributed by atoms with Gasteiger partial charge in [-0.15, -0.1) is 0 Å². The minimum Gasteiger partial charge on any atom is -0.356 e. The normalized spacial score (nSPS) is 23.0. The predicted molar refractivity (Wildman–Crippen MR) is 101 cm³/mol. The lowest BCUT2D eigenvalue weighted by molar-refractivity contribution is 0.186. The monoisotopic (exact) mass is 333 g/mol. The van der Waals surface area contributed by atoms with Gasteiger partial charge in [-0.05, 0) is 30.1 Å². The number of hydrogen-bond donors (Lipinski definition) is 1. The van der Waals surface area contributed by atoms with E-state index in [0.29, 0.717) is 17.9 Å². The molecule has 0 radical (unpaired) electrons. The Morgan fingerprint density at radius 2 is 2.17 bits per heavy atom. The summed E-state index contributed by atoms with van der Waals surface area (Å²) in [4.78, 5) is 11.2. The molecular weight excluding hydrogens is 298 g/mol. The molecule has 1 aliphatic rings. The molecule has 0 amide bonds. The van der Waals surface area contributed by atoms with E-state index in [-0.39, 0.29) is 5.41 Å². The summed E-state index contributed by atoms with van der Waals surface area (Å²) in [5, 5.41) is 3.62. The van der Waals surface area contributed by atoms with Gasteiger partial charge in [-0.3, -0.25) is 4.99 Å². The SMILES string of the molecule is CN=C(NCC(C)(C)CC(C)C)N1CCC(C)C(n2ccnc2)C1. The molecule has 0 bridgehead atoms. The van der Waals surface area contributed by atoms with Crippen LogP contribution in [0.1, 0.15) is 53.5 Å². The molecule has 0 aliphatic carbocycles. The summed E-state index contributed by atoms with van der Waals surface area (Å²) in [6.45, 7) is 14.6. The summed E-state index contributed by atoms with van der Waals surface area (Å²) in [5.41, 5.74) is 0.275. The molecule has 1 aliphatic heterocycles. The summed E-state index contributed by atoms with van der Waals surface area (Å²) in [6, 6.07) is 0.462. The van der Waals surface area contributed by atoms with E-state index in [4.69, 9.17) is 0 Å². The van der Waals surface area contributed by atoms with Gasteiger partial charge in [-0.2, -0.15) is 0 Å². The molecule has 5 heteroatoms. The molecule has 1 aromatic rings. The Hall–Kier alpha value is -1.52. The first kappa shape index (κ1) is 18.8. The number of nitrogens with zero attached hydrogens (tertiary/aromatic N) is 4. The number of piperidine rings is 1. The average Bonchev–Trinajstić information content (AvgIpc) is 3.02. The predicted octanol–water partition coefficient (Wildman–Crippen LogP) is 3.41. The number of aliphatic imine (C=N–C) groups is 1. The van der Waals surface area contributed by atoms with Crippen LogP contribution in [0.25, 0.3) is 0 Å². The third kappa shape index (κ3) is 4.99. The van der Waals surface area contributed by atoms with Crippen LogP contribution in [-0.4, -0.2) is 47.1 Å². The summed E-state index contributed by atoms with van der Waals surface area (Å²) in [7, 11) is 1.89. The maximum atomic E-state index is 4.54. The van der Waals surface area contributed by atoms with Crippen LogP contribution in [0.15, 0.2) is 23.7 Å². The van der Waals surface area contributed by atoms with Crippen molar-refractivity contribution in [1.82, 2.24) is 19.8 Å². The molecule has 0 spiro atoms. The number of hydrogen-bond acceptors (Lipinski definition) is 2. The number of rotatable bonds is 5. The van der Waals surface area contributed by atoms with Gasteiger partial charge in [-0.1, -0.05) is 34.6 Å². The molecule has 0 aromatic carbocycles. The first-order valence-corrected chi connectivity index (χ1v) is 9.25. The van der Waals surface area contributed by atoms with Crippen molar-refractivity contribution < 1.29 is 0 Å². The Bertz CT molecular complexity index is 518. The van der Waals surface area contributed by atoms with Gasteiger partial charge in [0.25, 0.3) is 0 Å². The quantitative estimate of drug-likeness (QED) is 0.663. The molecule has 2 rings (SSSR count). The van der Waals surface area contributed by atoms with E-state index < -0.39 is 0 Å². The topological polar surface area (TPSA) is 45.5 Å². The lowest BCUT2D eigenvalue weighted by atomic mass is 9.84. The van der Waals surface area contributed by atoms with E-state index in [1.165, 1.54) is 12.8 Å². The van der Waals surface area contributed by atoms with E-state index >= 15 is 0 Å². The highest BCUT2D eigenvalue weighted by molar-refractivity contribution is 5.80. The molecule has 5 nitrogen and oxygen atoms in total. The molecule has 1 N–H and O–H groups in total. The van der Waals surface area contributed by atoms with Gasteiger partial charge in [0.15, 0.2) is 5.96 Å². The Balaban J connectivity index is 1.98. The van der Waals surface area contributed by atoms with Crippen molar-refractivity contribution in [1.29, 1.82) is 0 Å². The van der Waals surface area contributed by atoms with Crippen LogP contribution in [0.4, 0.5) is 0 Å². The van der Waals surface area contributed by atoms with Crippen molar-refractivity contribution in [2.45, 2.75) is 53.5 Å². The van der Waals surface area contributed by atoms with Gasteiger partial charge in [0, 0.05) is 39.1 Å². The van der Waals surface area contributed by atoms with Crippen LogP contribution < -0.4 is 5.32 Å². The van der Waals surface area contributed by atoms with Crippen LogP contribution in [0.5, 0.6) is 0 Å². The van der Waals surface area contributed by atoms with Crippen LogP contribution in [0, 0.1) is 17.3 Å². The van der Waals surface area contributed by atoms with E-state index in [1.54, 1.807) is 0 Å². The fourth-order valence-electron chi connectivity index (χ4n) is 3.92. The smallest absolute Gasteiger partial charge is 0.193 e. The second-order valence-corrected chi connectivity index (χ2v) is 8.45. The van der Waals surface area contributed by atoms with E-state index in [9.17, 15) is 0 Å². The maximum Gasteiger partial charge on any atom is 0.193 e. The number of imidazole rings is 1. The Morgan fingerprint density at radius 3 is 2.75 bits per heavy atom. The van der Waals surface area contributed by atoms with Crippen molar-refractivity contribution in [2.24, 2.45) is 22.2 Å². The number of likely N-dealkylation sites (tertiary alicyclic amines) is 1. The highest BCUT2D eigenvalue weighted by atomic mass is 15.3. The average molecular weight is 334 g/mol. The standard InChI is InChI=1S/C19H35N5/c1-15(2)11-19(4,5)13-22-18(20-6)23-9-7-16(3)17(12-23)24-10-8-21-14-24/h8,10,14-17H,7,9,11-13H2,1-6H3,(H,20,22). The second kappa shape index (κ2) is 8.04. The van der Waals surface area contributed by atoms with Crippen molar-refractivity contribution in [3.8, 4) is 0 Å². The van der Waals surface area contributed by atoms with E-state index in [1.807, 2.05) is 19.6 Å². The van der Waals surface area contributed by atoms with Gasteiger partial charge in [-0.25, -0.2) is 4.98 Å². The minimum absolute atomic E-state index is 0.275. The Morgan fingerprint density at radius 1 is 1.42 bits per heavy atom. The first-order valence-electron chi connectivity index (χ1n) is 9.25. The molecule has 2 atom stereocenters. The lowest BCUT2D eigenvalue weighted by Crippen LogP contribution is -2.50. The summed E-state index contributed by atoms with van der Waals surface area (Å²) >= 11 is 0. The number of nitrogens with one attached hydrogen (secondary N) is 1. The molecule has 1 aromatic heterocycles. The minimum atomic E-state index is 0.275. The number of aromatic nitrogens is 2. The van der Waals surface area contributed by atoms with Crippen molar-refractivity contribution in [3.05, 3.63) is 18.7 Å². The molecule has 2 unspecified atom stereocenters. The molecule has 24 heavy (non-hydrogen) atoms. The molecule has 136 valence electrons. The molecule has 2 heterocycles. The Kier molecular flexibility index (Phi) is 6.30. The highest BCUT2D eigenvalue weighted by Gasteiger charge is 2.29. The largest absolute Gasteiger partial charge is 0.356 e. The zero-order chi connectivity index (χ0) is 17.7. The summed E-state index contributed by atoms with van der Waals surface area (Å²) in [5.74, 6) is 2.40. The molecular formula is C19H35N5. The van der Waals surface area contributed by atoms with Crippen molar-refractivity contribution >= 4 is 5.96 Å². The second-order valence-electron chi connectivity index (χ2n) is 8.45. The third-order valence-electron chi connectivity index (χ3n) is 5.02. The van der Waals surface area contributed by atoms with Crippen LogP contribution in [0.2, 0.25) is 0 Å².